The number of nitrogens with one attached hydrogen (secondary N) is 1. The lowest BCUT2D eigenvalue weighted by atomic mass is 9.86. The fourth-order valence-corrected chi connectivity index (χ4v) is 3.87. The molecule has 0 fully saturated rings. The molecule has 5 nitrogen and oxygen atoms in total. The first-order chi connectivity index (χ1) is 11.5. The van der Waals surface area contributed by atoms with Gasteiger partial charge in [-0.25, -0.2) is 4.79 Å². The number of halogens is 2. The van der Waals surface area contributed by atoms with Crippen molar-refractivity contribution >= 4 is 45.1 Å². The Morgan fingerprint density at radius 1 is 1.36 bits per heavy atom. The molecular weight excluding hydrogens is 408 g/mol. The molecule has 0 spiro atoms. The molecule has 1 heterocycles. The van der Waals surface area contributed by atoms with Crippen LogP contribution in [0.25, 0.3) is 5.57 Å². The molecule has 2 amide bonds. The third-order valence-electron chi connectivity index (χ3n) is 4.51. The predicted molar refractivity (Wildman–Crippen MR) is 102 cm³/mol. The molecule has 136 valence electrons. The minimum absolute atomic E-state index is 0.0188. The lowest BCUT2D eigenvalue weighted by Gasteiger charge is -2.31. The first kappa shape index (κ1) is 19.8. The highest BCUT2D eigenvalue weighted by atomic mass is 79.9. The molecule has 0 bridgehead atoms. The minimum atomic E-state index is -0.788. The van der Waals surface area contributed by atoms with Crippen LogP contribution in [0.5, 0.6) is 0 Å². The zero-order chi connectivity index (χ0) is 19.1. The summed E-state index contributed by atoms with van der Waals surface area (Å²) in [6, 6.07) is 3.50. The molecule has 1 aromatic rings. The summed E-state index contributed by atoms with van der Waals surface area (Å²) in [6.45, 7) is 7.66. The third kappa shape index (κ3) is 3.55. The lowest BCUT2D eigenvalue weighted by molar-refractivity contribution is -0.116. The largest absolute Gasteiger partial charge is 0.414 e. The molecule has 1 aromatic carbocycles. The molecule has 2 rings (SSSR count). The minimum Gasteiger partial charge on any atom is -0.411 e. The van der Waals surface area contributed by atoms with E-state index in [-0.39, 0.29) is 11.8 Å². The number of hydrogen-bond acceptors (Lipinski definition) is 3. The molecule has 1 aliphatic rings. The number of benzene rings is 1. The van der Waals surface area contributed by atoms with Crippen LogP contribution in [0.3, 0.4) is 0 Å². The van der Waals surface area contributed by atoms with E-state index in [1.807, 2.05) is 27.7 Å². The monoisotopic (exact) mass is 428 g/mol. The van der Waals surface area contributed by atoms with Gasteiger partial charge in [0.15, 0.2) is 0 Å². The Kier molecular flexibility index (Phi) is 5.54. The van der Waals surface area contributed by atoms with Crippen molar-refractivity contribution in [3.05, 3.63) is 38.5 Å². The van der Waals surface area contributed by atoms with Gasteiger partial charge in [-0.2, -0.15) is 0 Å². The van der Waals surface area contributed by atoms with Crippen molar-refractivity contribution in [3.63, 3.8) is 0 Å². The van der Waals surface area contributed by atoms with Crippen LogP contribution in [0.15, 0.2) is 22.4 Å². The molecule has 0 aliphatic carbocycles. The second-order valence-corrected chi connectivity index (χ2v) is 8.15. The molecule has 1 unspecified atom stereocenters. The Morgan fingerprint density at radius 2 is 1.96 bits per heavy atom. The molecule has 0 saturated heterocycles. The van der Waals surface area contributed by atoms with E-state index in [0.717, 1.165) is 5.56 Å². The van der Waals surface area contributed by atoms with Gasteiger partial charge in [0.2, 0.25) is 0 Å². The average molecular weight is 430 g/mol. The van der Waals surface area contributed by atoms with Gasteiger partial charge in [-0.15, -0.1) is 0 Å². The van der Waals surface area contributed by atoms with Gasteiger partial charge < -0.3 is 15.0 Å². The summed E-state index contributed by atoms with van der Waals surface area (Å²) in [4.78, 5) is 26.4. The fraction of sp³-hybridized carbons (Fsp3) is 0.444. The molecule has 7 heteroatoms. The SMILES string of the molecule is Cc1cc(Cl)cc(Br)c1C1=C(OC(=O)N(C)C)C(C)(C(C)C)NC1=O. The molecular formula is C18H22BrClN2O3. The summed E-state index contributed by atoms with van der Waals surface area (Å²) < 4.78 is 6.33. The maximum Gasteiger partial charge on any atom is 0.414 e. The van der Waals surface area contributed by atoms with Crippen LogP contribution in [0.1, 0.15) is 31.9 Å². The normalized spacial score (nSPS) is 20.1. The van der Waals surface area contributed by atoms with E-state index in [1.54, 1.807) is 26.2 Å². The topological polar surface area (TPSA) is 58.6 Å². The van der Waals surface area contributed by atoms with Crippen LogP contribution < -0.4 is 5.32 Å². The number of carbonyl (C=O) groups excluding carboxylic acids is 2. The Morgan fingerprint density at radius 3 is 2.44 bits per heavy atom. The van der Waals surface area contributed by atoms with E-state index < -0.39 is 11.6 Å². The van der Waals surface area contributed by atoms with Crippen LogP contribution in [0.4, 0.5) is 4.79 Å². The van der Waals surface area contributed by atoms with Gasteiger partial charge in [-0.3, -0.25) is 4.79 Å². The van der Waals surface area contributed by atoms with Crippen LogP contribution in [-0.4, -0.2) is 36.5 Å². The number of amides is 2. The van der Waals surface area contributed by atoms with Crippen molar-refractivity contribution in [1.29, 1.82) is 0 Å². The molecule has 25 heavy (non-hydrogen) atoms. The van der Waals surface area contributed by atoms with Gasteiger partial charge in [-0.1, -0.05) is 41.4 Å². The second kappa shape index (κ2) is 7.00. The van der Waals surface area contributed by atoms with E-state index in [4.69, 9.17) is 16.3 Å². The number of aryl methyl sites for hydroxylation is 1. The first-order valence-electron chi connectivity index (χ1n) is 7.91. The summed E-state index contributed by atoms with van der Waals surface area (Å²) in [5.41, 5.74) is 1.06. The van der Waals surface area contributed by atoms with E-state index in [1.165, 1.54) is 4.90 Å². The van der Waals surface area contributed by atoms with Crippen LogP contribution in [0.2, 0.25) is 5.02 Å². The smallest absolute Gasteiger partial charge is 0.411 e. The summed E-state index contributed by atoms with van der Waals surface area (Å²) in [5, 5.41) is 3.54. The summed E-state index contributed by atoms with van der Waals surface area (Å²) in [6.07, 6.45) is -0.529. The van der Waals surface area contributed by atoms with E-state index in [9.17, 15) is 9.59 Å². The number of carbonyl (C=O) groups is 2. The maximum atomic E-state index is 12.8. The van der Waals surface area contributed by atoms with Gasteiger partial charge >= 0.3 is 6.09 Å². The van der Waals surface area contributed by atoms with Gasteiger partial charge in [0.1, 0.15) is 5.76 Å². The number of nitrogens with zero attached hydrogens (tertiary/aromatic N) is 1. The third-order valence-corrected chi connectivity index (χ3v) is 5.35. The van der Waals surface area contributed by atoms with Crippen molar-refractivity contribution in [2.75, 3.05) is 14.1 Å². The molecule has 1 atom stereocenters. The summed E-state index contributed by atoms with van der Waals surface area (Å²) in [5.74, 6) is 0.0755. The zero-order valence-corrected chi connectivity index (χ0v) is 17.5. The number of hydrogen-bond donors (Lipinski definition) is 1. The van der Waals surface area contributed by atoms with Crippen molar-refractivity contribution in [2.24, 2.45) is 5.92 Å². The standard InChI is InChI=1S/C18H22BrClN2O3/c1-9(2)18(4)15(25-17(24)22(5)6)14(16(23)21-18)13-10(3)7-11(20)8-12(13)19/h7-9H,1-6H3,(H,21,23). The Balaban J connectivity index is 2.75. The molecule has 0 radical (unpaired) electrons. The maximum absolute atomic E-state index is 12.8. The number of ether oxygens (including phenoxy) is 1. The Hall–Kier alpha value is -1.53. The lowest BCUT2D eigenvalue weighted by Crippen LogP contribution is -2.47. The Labute approximate surface area is 161 Å². The zero-order valence-electron chi connectivity index (χ0n) is 15.2. The molecule has 0 aromatic heterocycles. The highest BCUT2D eigenvalue weighted by molar-refractivity contribution is 9.10. The quantitative estimate of drug-likeness (QED) is 0.776. The van der Waals surface area contributed by atoms with Crippen molar-refractivity contribution in [1.82, 2.24) is 10.2 Å². The second-order valence-electron chi connectivity index (χ2n) is 6.86. The van der Waals surface area contributed by atoms with Gasteiger partial charge in [0.25, 0.3) is 5.91 Å². The summed E-state index contributed by atoms with van der Waals surface area (Å²) >= 11 is 9.58. The summed E-state index contributed by atoms with van der Waals surface area (Å²) in [7, 11) is 3.20. The number of rotatable bonds is 3. The van der Waals surface area contributed by atoms with Crippen molar-refractivity contribution < 1.29 is 14.3 Å². The fourth-order valence-electron chi connectivity index (χ4n) is 2.71. The van der Waals surface area contributed by atoms with Crippen molar-refractivity contribution in [3.8, 4) is 0 Å². The van der Waals surface area contributed by atoms with Crippen molar-refractivity contribution in [2.45, 2.75) is 33.2 Å². The molecule has 1 N–H and O–H groups in total. The highest BCUT2D eigenvalue weighted by Crippen LogP contribution is 2.42. The average Bonchev–Trinajstić information content (AvgIpc) is 2.71. The molecule has 1 aliphatic heterocycles. The van der Waals surface area contributed by atoms with E-state index in [0.29, 0.717) is 26.4 Å². The van der Waals surface area contributed by atoms with Crippen LogP contribution in [-0.2, 0) is 9.53 Å². The highest BCUT2D eigenvalue weighted by Gasteiger charge is 2.47. The van der Waals surface area contributed by atoms with E-state index >= 15 is 0 Å². The predicted octanol–water partition coefficient (Wildman–Crippen LogP) is 4.36. The van der Waals surface area contributed by atoms with Gasteiger partial charge in [0, 0.05) is 29.2 Å². The molecule has 0 saturated carbocycles. The van der Waals surface area contributed by atoms with Gasteiger partial charge in [-0.05, 0) is 37.5 Å². The van der Waals surface area contributed by atoms with E-state index in [2.05, 4.69) is 21.2 Å². The van der Waals surface area contributed by atoms with Crippen LogP contribution >= 0.6 is 27.5 Å². The Bertz CT molecular complexity index is 751. The van der Waals surface area contributed by atoms with Gasteiger partial charge in [0.05, 0.1) is 11.1 Å². The van der Waals surface area contributed by atoms with Crippen LogP contribution in [0, 0.1) is 12.8 Å². The first-order valence-corrected chi connectivity index (χ1v) is 9.08.